The van der Waals surface area contributed by atoms with Gasteiger partial charge in [0.05, 0.1) is 26.5 Å². The van der Waals surface area contributed by atoms with Crippen LogP contribution in [0.15, 0.2) is 59.1 Å². The van der Waals surface area contributed by atoms with Crippen LogP contribution in [0.5, 0.6) is 11.6 Å². The van der Waals surface area contributed by atoms with E-state index >= 15 is 0 Å². The minimum Gasteiger partial charge on any atom is -0.489 e. The SMILES string of the molecule is CC(C)c1onc(-c2c(Cl)cccc2Cl)c1COc1ccc(C2CC2(C)c2ccc3c(c2)c(OC=O)nn3C(C)C)c(Cl)c1. The zero-order chi connectivity index (χ0) is 31.3. The summed E-state index contributed by atoms with van der Waals surface area (Å²) in [6.07, 6.45) is 0.932. The maximum absolute atomic E-state index is 11.1. The monoisotopic (exact) mass is 651 g/mol. The minimum atomic E-state index is -0.129. The third-order valence-electron chi connectivity index (χ3n) is 8.49. The molecule has 2 atom stereocenters. The van der Waals surface area contributed by atoms with Crippen molar-refractivity contribution in [2.45, 2.75) is 70.9 Å². The molecule has 0 aliphatic heterocycles. The molecule has 0 bridgehead atoms. The number of nitrogens with zero attached hydrogens (tertiary/aromatic N) is 3. The van der Waals surface area contributed by atoms with Gasteiger partial charge in [-0.05, 0) is 73.7 Å². The third kappa shape index (κ3) is 5.35. The van der Waals surface area contributed by atoms with Crippen molar-refractivity contribution in [2.75, 3.05) is 0 Å². The fraction of sp³-hybridized carbons (Fsp3) is 0.324. The number of fused-ring (bicyclic) bond motifs is 1. The van der Waals surface area contributed by atoms with Crippen LogP contribution in [-0.2, 0) is 16.8 Å². The minimum absolute atomic E-state index is 0.0784. The number of benzene rings is 3. The van der Waals surface area contributed by atoms with E-state index in [-0.39, 0.29) is 29.9 Å². The average molecular weight is 653 g/mol. The standard InChI is InChI=1S/C34H32Cl3N3O4/c1-18(2)32-24(31(39-44-32)30-26(35)7-6-8-27(30)36)16-42-21-10-11-22(28(37)14-21)25-15-34(25,5)20-9-12-29-23(13-20)33(43-17-41)38-40(29)19(3)4/h6-14,17-19,25H,15-16H2,1-5H3. The molecule has 10 heteroatoms. The first-order chi connectivity index (χ1) is 21.0. The molecular weight excluding hydrogens is 621 g/mol. The Hall–Kier alpha value is -3.52. The van der Waals surface area contributed by atoms with E-state index in [1.165, 1.54) is 0 Å². The largest absolute Gasteiger partial charge is 0.489 e. The van der Waals surface area contributed by atoms with Crippen LogP contribution in [0.4, 0.5) is 0 Å². The van der Waals surface area contributed by atoms with E-state index in [1.807, 2.05) is 50.6 Å². The first-order valence-corrected chi connectivity index (χ1v) is 15.6. The lowest BCUT2D eigenvalue weighted by Gasteiger charge is -2.15. The maximum Gasteiger partial charge on any atom is 0.299 e. The summed E-state index contributed by atoms with van der Waals surface area (Å²) < 4.78 is 19.1. The van der Waals surface area contributed by atoms with Crippen molar-refractivity contribution in [3.8, 4) is 22.9 Å². The summed E-state index contributed by atoms with van der Waals surface area (Å²) in [5, 5.41) is 11.3. The fourth-order valence-electron chi connectivity index (χ4n) is 6.00. The number of hydrogen-bond donors (Lipinski definition) is 0. The van der Waals surface area contributed by atoms with E-state index in [1.54, 1.807) is 18.2 Å². The molecule has 1 aliphatic carbocycles. The molecule has 0 saturated heterocycles. The van der Waals surface area contributed by atoms with Crippen LogP contribution in [0, 0.1) is 0 Å². The van der Waals surface area contributed by atoms with Gasteiger partial charge in [-0.25, -0.2) is 0 Å². The highest BCUT2D eigenvalue weighted by Gasteiger charge is 2.52. The van der Waals surface area contributed by atoms with Crippen LogP contribution in [0.1, 0.15) is 81.4 Å². The molecule has 6 rings (SSSR count). The molecule has 2 unspecified atom stereocenters. The van der Waals surface area contributed by atoms with Crippen LogP contribution in [0.3, 0.4) is 0 Å². The highest BCUT2D eigenvalue weighted by atomic mass is 35.5. The number of carbonyl (C=O) groups is 1. The van der Waals surface area contributed by atoms with Crippen molar-refractivity contribution in [3.63, 3.8) is 0 Å². The van der Waals surface area contributed by atoms with Gasteiger partial charge >= 0.3 is 0 Å². The number of aromatic nitrogens is 3. The van der Waals surface area contributed by atoms with Crippen molar-refractivity contribution in [1.29, 1.82) is 0 Å². The van der Waals surface area contributed by atoms with Gasteiger partial charge in [-0.1, -0.05) is 78.9 Å². The lowest BCUT2D eigenvalue weighted by atomic mass is 9.92. The number of halogens is 3. The van der Waals surface area contributed by atoms with E-state index in [0.29, 0.717) is 50.2 Å². The quantitative estimate of drug-likeness (QED) is 0.140. The number of ether oxygens (including phenoxy) is 2. The molecule has 0 amide bonds. The van der Waals surface area contributed by atoms with Crippen molar-refractivity contribution in [2.24, 2.45) is 0 Å². The molecule has 1 aliphatic rings. The fourth-order valence-corrected chi connectivity index (χ4v) is 6.88. The Morgan fingerprint density at radius 1 is 1.05 bits per heavy atom. The summed E-state index contributed by atoms with van der Waals surface area (Å²) in [5.74, 6) is 1.96. The molecule has 0 radical (unpaired) electrons. The molecule has 5 aromatic rings. The van der Waals surface area contributed by atoms with Gasteiger partial charge in [0.15, 0.2) is 0 Å². The number of hydrogen-bond acceptors (Lipinski definition) is 6. The Balaban J connectivity index is 1.24. The predicted octanol–water partition coefficient (Wildman–Crippen LogP) is 9.92. The van der Waals surface area contributed by atoms with Crippen LogP contribution in [0.2, 0.25) is 15.1 Å². The van der Waals surface area contributed by atoms with Crippen molar-refractivity contribution in [3.05, 3.63) is 92.1 Å². The van der Waals surface area contributed by atoms with Gasteiger partial charge < -0.3 is 14.0 Å². The Morgan fingerprint density at radius 2 is 1.80 bits per heavy atom. The van der Waals surface area contributed by atoms with Gasteiger partial charge in [-0.3, -0.25) is 9.48 Å². The molecule has 1 saturated carbocycles. The average Bonchev–Trinajstić information content (AvgIpc) is 3.31. The van der Waals surface area contributed by atoms with E-state index < -0.39 is 0 Å². The maximum atomic E-state index is 11.1. The van der Waals surface area contributed by atoms with Crippen LogP contribution in [0.25, 0.3) is 22.2 Å². The van der Waals surface area contributed by atoms with Gasteiger partial charge in [0.1, 0.15) is 23.8 Å². The third-order valence-corrected chi connectivity index (χ3v) is 9.45. The second-order valence-corrected chi connectivity index (χ2v) is 13.3. The van der Waals surface area contributed by atoms with Crippen LogP contribution in [-0.4, -0.2) is 21.4 Å². The van der Waals surface area contributed by atoms with Crippen LogP contribution >= 0.6 is 34.8 Å². The topological polar surface area (TPSA) is 79.4 Å². The summed E-state index contributed by atoms with van der Waals surface area (Å²) in [7, 11) is 0. The summed E-state index contributed by atoms with van der Waals surface area (Å²) in [5.41, 5.74) is 4.97. The summed E-state index contributed by atoms with van der Waals surface area (Å²) in [6, 6.07) is 17.6. The lowest BCUT2D eigenvalue weighted by molar-refractivity contribution is -0.120. The molecule has 1 fully saturated rings. The summed E-state index contributed by atoms with van der Waals surface area (Å²) >= 11 is 19.9. The van der Waals surface area contributed by atoms with Gasteiger partial charge in [-0.2, -0.15) is 0 Å². The van der Waals surface area contributed by atoms with E-state index in [9.17, 15) is 4.79 Å². The molecule has 0 spiro atoms. The summed E-state index contributed by atoms with van der Waals surface area (Å²) in [4.78, 5) is 11.1. The molecule has 7 nitrogen and oxygen atoms in total. The van der Waals surface area contributed by atoms with Crippen LogP contribution < -0.4 is 9.47 Å². The summed E-state index contributed by atoms with van der Waals surface area (Å²) in [6.45, 7) is 11.0. The van der Waals surface area contributed by atoms with Gasteiger partial charge in [0, 0.05) is 28.0 Å². The Bertz CT molecular complexity index is 1860. The zero-order valence-corrected chi connectivity index (χ0v) is 27.3. The molecule has 0 N–H and O–H groups in total. The van der Waals surface area contributed by atoms with Crippen molar-refractivity contribution < 1.29 is 18.8 Å². The first-order valence-electron chi connectivity index (χ1n) is 14.5. The van der Waals surface area contributed by atoms with E-state index in [0.717, 1.165) is 34.0 Å². The molecular formula is C34H32Cl3N3O4. The zero-order valence-electron chi connectivity index (χ0n) is 25.0. The van der Waals surface area contributed by atoms with Crippen molar-refractivity contribution in [1.82, 2.24) is 14.9 Å². The predicted molar refractivity (Wildman–Crippen MR) is 173 cm³/mol. The lowest BCUT2D eigenvalue weighted by Crippen LogP contribution is -2.05. The van der Waals surface area contributed by atoms with Gasteiger partial charge in [-0.15, -0.1) is 5.10 Å². The van der Waals surface area contributed by atoms with Gasteiger partial charge in [0.25, 0.3) is 6.47 Å². The molecule has 228 valence electrons. The van der Waals surface area contributed by atoms with Gasteiger partial charge in [0.2, 0.25) is 5.88 Å². The normalized spacial score (nSPS) is 17.9. The van der Waals surface area contributed by atoms with Crippen molar-refractivity contribution >= 4 is 52.2 Å². The second kappa shape index (κ2) is 11.8. The smallest absolute Gasteiger partial charge is 0.299 e. The Morgan fingerprint density at radius 3 is 2.45 bits per heavy atom. The first kappa shape index (κ1) is 30.5. The van der Waals surface area contributed by atoms with E-state index in [2.05, 4.69) is 35.4 Å². The second-order valence-electron chi connectivity index (χ2n) is 12.1. The molecule has 3 aromatic carbocycles. The highest BCUT2D eigenvalue weighted by Crippen LogP contribution is 2.62. The Kier molecular flexibility index (Phi) is 8.16. The number of carbonyl (C=O) groups excluding carboxylic acids is 1. The molecule has 44 heavy (non-hydrogen) atoms. The Labute approximate surface area is 271 Å². The molecule has 2 aromatic heterocycles. The highest BCUT2D eigenvalue weighted by molar-refractivity contribution is 6.39. The van der Waals surface area contributed by atoms with E-state index in [4.69, 9.17) is 48.8 Å². The molecule has 2 heterocycles. The number of rotatable bonds is 10.